The number of hydrogen-bond acceptors (Lipinski definition) is 1. The molecule has 1 nitrogen and oxygen atoms in total. The molecule has 2 aromatic rings. The summed E-state index contributed by atoms with van der Waals surface area (Å²) in [5.74, 6) is 0. The van der Waals surface area contributed by atoms with Crippen molar-refractivity contribution in [2.24, 2.45) is 0 Å². The Morgan fingerprint density at radius 1 is 0.889 bits per heavy atom. The van der Waals surface area contributed by atoms with Gasteiger partial charge in [0, 0.05) is 5.56 Å². The van der Waals surface area contributed by atoms with Crippen LogP contribution in [0.25, 0.3) is 16.7 Å². The number of rotatable bonds is 3. The first kappa shape index (κ1) is 12.6. The van der Waals surface area contributed by atoms with Gasteiger partial charge < -0.3 is 0 Å². The van der Waals surface area contributed by atoms with Crippen molar-refractivity contribution in [3.63, 3.8) is 0 Å². The third-order valence-corrected chi connectivity index (χ3v) is 3.04. The highest BCUT2D eigenvalue weighted by atomic mass is 35.5. The maximum absolute atomic E-state index is 11.0. The average Bonchev–Trinajstić information content (AvgIpc) is 2.39. The van der Waals surface area contributed by atoms with Gasteiger partial charge in [-0.15, -0.1) is 0 Å². The summed E-state index contributed by atoms with van der Waals surface area (Å²) in [6.45, 7) is 5.89. The molecule has 0 unspecified atom stereocenters. The lowest BCUT2D eigenvalue weighted by molar-refractivity contribution is 0.108. The molecular formula is C16H13ClO. The van der Waals surface area contributed by atoms with Crippen molar-refractivity contribution in [2.45, 2.75) is 6.92 Å². The first-order valence-electron chi connectivity index (χ1n) is 5.64. The number of benzene rings is 2. The Balaban J connectivity index is 2.31. The molecule has 0 amide bonds. The highest BCUT2D eigenvalue weighted by molar-refractivity contribution is 6.67. The summed E-state index contributed by atoms with van der Waals surface area (Å²) in [5.41, 5.74) is 4.86. The fourth-order valence-corrected chi connectivity index (χ4v) is 1.87. The molecule has 0 saturated heterocycles. The molecule has 0 atom stereocenters. The quantitative estimate of drug-likeness (QED) is 0.723. The van der Waals surface area contributed by atoms with Crippen LogP contribution in [0, 0.1) is 0 Å². The number of carbonyl (C=O) groups excluding carboxylic acids is 1. The van der Waals surface area contributed by atoms with Gasteiger partial charge in [-0.2, -0.15) is 0 Å². The van der Waals surface area contributed by atoms with Crippen molar-refractivity contribution in [3.8, 4) is 11.1 Å². The second kappa shape index (κ2) is 5.19. The van der Waals surface area contributed by atoms with Crippen LogP contribution in [0.4, 0.5) is 0 Å². The van der Waals surface area contributed by atoms with Crippen LogP contribution in [0.15, 0.2) is 55.1 Å². The lowest BCUT2D eigenvalue weighted by Crippen LogP contribution is -1.88. The van der Waals surface area contributed by atoms with Gasteiger partial charge >= 0.3 is 0 Å². The average molecular weight is 257 g/mol. The maximum atomic E-state index is 11.0. The summed E-state index contributed by atoms with van der Waals surface area (Å²) in [5, 5.41) is -0.431. The van der Waals surface area contributed by atoms with Crippen LogP contribution in [-0.4, -0.2) is 5.24 Å². The highest BCUT2D eigenvalue weighted by Gasteiger charge is 2.02. The van der Waals surface area contributed by atoms with E-state index in [0.29, 0.717) is 5.56 Å². The zero-order valence-corrected chi connectivity index (χ0v) is 10.9. The van der Waals surface area contributed by atoms with Crippen LogP contribution in [0.2, 0.25) is 0 Å². The maximum Gasteiger partial charge on any atom is 0.252 e. The summed E-state index contributed by atoms with van der Waals surface area (Å²) in [6.07, 6.45) is 0. The van der Waals surface area contributed by atoms with Crippen molar-refractivity contribution < 1.29 is 4.79 Å². The van der Waals surface area contributed by atoms with Crippen LogP contribution in [0.1, 0.15) is 22.8 Å². The SMILES string of the molecule is C=C(C)c1ccc(-c2ccc(C(=O)Cl)cc2)cc1. The molecule has 0 spiro atoms. The van der Waals surface area contributed by atoms with Gasteiger partial charge in [0.1, 0.15) is 0 Å². The first-order chi connectivity index (χ1) is 8.58. The molecule has 0 aliphatic carbocycles. The van der Waals surface area contributed by atoms with E-state index in [9.17, 15) is 4.79 Å². The van der Waals surface area contributed by atoms with Crippen LogP contribution in [0.3, 0.4) is 0 Å². The zero-order chi connectivity index (χ0) is 13.1. The van der Waals surface area contributed by atoms with E-state index in [1.54, 1.807) is 12.1 Å². The van der Waals surface area contributed by atoms with E-state index in [-0.39, 0.29) is 0 Å². The van der Waals surface area contributed by atoms with Crippen LogP contribution < -0.4 is 0 Å². The molecule has 0 aromatic heterocycles. The van der Waals surface area contributed by atoms with E-state index in [4.69, 9.17) is 11.6 Å². The Bertz CT molecular complexity index is 524. The van der Waals surface area contributed by atoms with Crippen LogP contribution >= 0.6 is 11.6 Å². The first-order valence-corrected chi connectivity index (χ1v) is 6.02. The van der Waals surface area contributed by atoms with Gasteiger partial charge in [0.25, 0.3) is 5.24 Å². The molecular weight excluding hydrogens is 244 g/mol. The van der Waals surface area contributed by atoms with Gasteiger partial charge in [-0.25, -0.2) is 0 Å². The minimum atomic E-state index is -0.431. The topological polar surface area (TPSA) is 17.1 Å². The molecule has 2 rings (SSSR count). The fraction of sp³-hybridized carbons (Fsp3) is 0.0625. The second-order valence-electron chi connectivity index (χ2n) is 4.21. The molecule has 0 saturated carbocycles. The van der Waals surface area contributed by atoms with Crippen molar-refractivity contribution in [3.05, 3.63) is 66.2 Å². The van der Waals surface area contributed by atoms with Gasteiger partial charge in [-0.3, -0.25) is 4.79 Å². The summed E-state index contributed by atoms with van der Waals surface area (Å²) in [7, 11) is 0. The predicted molar refractivity (Wildman–Crippen MR) is 76.8 cm³/mol. The van der Waals surface area contributed by atoms with E-state index >= 15 is 0 Å². The van der Waals surface area contributed by atoms with E-state index in [1.807, 2.05) is 43.3 Å². The van der Waals surface area contributed by atoms with E-state index in [1.165, 1.54) is 0 Å². The molecule has 2 aromatic carbocycles. The third-order valence-electron chi connectivity index (χ3n) is 2.82. The van der Waals surface area contributed by atoms with Crippen molar-refractivity contribution in [1.82, 2.24) is 0 Å². The van der Waals surface area contributed by atoms with Crippen LogP contribution in [0.5, 0.6) is 0 Å². The van der Waals surface area contributed by atoms with Crippen molar-refractivity contribution >= 4 is 22.4 Å². The lowest BCUT2D eigenvalue weighted by atomic mass is 10.0. The number of halogens is 1. The number of allylic oxidation sites excluding steroid dienone is 1. The standard InChI is InChI=1S/C16H13ClO/c1-11(2)12-3-5-13(6-4-12)14-7-9-15(10-8-14)16(17)18/h3-10H,1H2,2H3. The summed E-state index contributed by atoms with van der Waals surface area (Å²) < 4.78 is 0. The molecule has 18 heavy (non-hydrogen) atoms. The third kappa shape index (κ3) is 2.69. The zero-order valence-electron chi connectivity index (χ0n) is 10.1. The fourth-order valence-electron chi connectivity index (χ4n) is 1.74. The summed E-state index contributed by atoms with van der Waals surface area (Å²) in [4.78, 5) is 11.0. The minimum Gasteiger partial charge on any atom is -0.276 e. The molecule has 0 fully saturated rings. The van der Waals surface area contributed by atoms with Crippen molar-refractivity contribution in [2.75, 3.05) is 0 Å². The molecule has 0 radical (unpaired) electrons. The Hall–Kier alpha value is -1.86. The minimum absolute atomic E-state index is 0.431. The molecule has 0 aliphatic heterocycles. The Kier molecular flexibility index (Phi) is 3.63. The summed E-state index contributed by atoms with van der Waals surface area (Å²) >= 11 is 5.41. The smallest absolute Gasteiger partial charge is 0.252 e. The molecule has 0 aliphatic rings. The lowest BCUT2D eigenvalue weighted by Gasteiger charge is -2.04. The molecule has 0 heterocycles. The Morgan fingerprint density at radius 2 is 1.28 bits per heavy atom. The van der Waals surface area contributed by atoms with Gasteiger partial charge in [-0.1, -0.05) is 48.6 Å². The summed E-state index contributed by atoms with van der Waals surface area (Å²) in [6, 6.07) is 15.4. The Labute approximate surface area is 112 Å². The molecule has 2 heteroatoms. The highest BCUT2D eigenvalue weighted by Crippen LogP contribution is 2.22. The monoisotopic (exact) mass is 256 g/mol. The molecule has 0 bridgehead atoms. The van der Waals surface area contributed by atoms with E-state index in [2.05, 4.69) is 6.58 Å². The largest absolute Gasteiger partial charge is 0.276 e. The number of hydrogen-bond donors (Lipinski definition) is 0. The normalized spacial score (nSPS) is 10.1. The molecule has 0 N–H and O–H groups in total. The predicted octanol–water partition coefficient (Wildman–Crippen LogP) is 4.77. The van der Waals surface area contributed by atoms with Gasteiger partial charge in [0.15, 0.2) is 0 Å². The van der Waals surface area contributed by atoms with E-state index < -0.39 is 5.24 Å². The van der Waals surface area contributed by atoms with Gasteiger partial charge in [-0.05, 0) is 47.3 Å². The van der Waals surface area contributed by atoms with Crippen molar-refractivity contribution in [1.29, 1.82) is 0 Å². The van der Waals surface area contributed by atoms with E-state index in [0.717, 1.165) is 22.3 Å². The Morgan fingerprint density at radius 3 is 1.61 bits per heavy atom. The van der Waals surface area contributed by atoms with Crippen LogP contribution in [-0.2, 0) is 0 Å². The number of carbonyl (C=O) groups is 1. The van der Waals surface area contributed by atoms with Gasteiger partial charge in [0.05, 0.1) is 0 Å². The molecule has 90 valence electrons. The second-order valence-corrected chi connectivity index (χ2v) is 4.55. The van der Waals surface area contributed by atoms with Gasteiger partial charge in [0.2, 0.25) is 0 Å².